The molecule has 1 N–H and O–H groups in total. The van der Waals surface area contributed by atoms with Crippen molar-refractivity contribution < 1.29 is 12.9 Å². The first-order valence-electron chi connectivity index (χ1n) is 6.74. The van der Waals surface area contributed by atoms with Crippen molar-refractivity contribution in [2.75, 3.05) is 18.8 Å². The first-order chi connectivity index (χ1) is 10.1. The standard InChI is InChI=1S/C14H20N4O3S/c1-14(2,3)13-15-12(16-21-13)10-6-8-11(9-7-10)17-22(19,20)18(4)5/h6-9,17H,1-5H3. The maximum Gasteiger partial charge on any atom is 0.301 e. The maximum atomic E-state index is 11.7. The molecule has 0 bridgehead atoms. The van der Waals surface area contributed by atoms with E-state index < -0.39 is 10.2 Å². The van der Waals surface area contributed by atoms with Gasteiger partial charge in [0.25, 0.3) is 0 Å². The molecule has 1 aromatic heterocycles. The third-order valence-corrected chi connectivity index (χ3v) is 4.39. The Bertz CT molecular complexity index is 743. The van der Waals surface area contributed by atoms with Crippen molar-refractivity contribution in [1.29, 1.82) is 0 Å². The monoisotopic (exact) mass is 324 g/mol. The molecule has 0 atom stereocenters. The Hall–Kier alpha value is -1.93. The van der Waals surface area contributed by atoms with Gasteiger partial charge < -0.3 is 4.52 Å². The fraction of sp³-hybridized carbons (Fsp3) is 0.429. The van der Waals surface area contributed by atoms with Crippen LogP contribution in [0.1, 0.15) is 26.7 Å². The van der Waals surface area contributed by atoms with Gasteiger partial charge in [-0.25, -0.2) is 0 Å². The average molecular weight is 324 g/mol. The Kier molecular flexibility index (Phi) is 4.25. The number of anilines is 1. The van der Waals surface area contributed by atoms with E-state index in [1.54, 1.807) is 24.3 Å². The number of benzene rings is 1. The van der Waals surface area contributed by atoms with Crippen LogP contribution in [-0.2, 0) is 15.6 Å². The normalized spacial score (nSPS) is 12.6. The lowest BCUT2D eigenvalue weighted by Crippen LogP contribution is -2.28. The molecule has 1 heterocycles. The van der Waals surface area contributed by atoms with Gasteiger partial charge in [0.15, 0.2) is 0 Å². The molecule has 120 valence electrons. The fourth-order valence-corrected chi connectivity index (χ4v) is 2.19. The molecule has 22 heavy (non-hydrogen) atoms. The van der Waals surface area contributed by atoms with E-state index in [1.165, 1.54) is 14.1 Å². The minimum atomic E-state index is -3.51. The lowest BCUT2D eigenvalue weighted by atomic mass is 9.97. The number of nitrogens with zero attached hydrogens (tertiary/aromatic N) is 3. The second-order valence-corrected chi connectivity index (χ2v) is 8.02. The summed E-state index contributed by atoms with van der Waals surface area (Å²) < 4.78 is 32.3. The van der Waals surface area contributed by atoms with Gasteiger partial charge in [-0.2, -0.15) is 17.7 Å². The molecule has 0 aliphatic carbocycles. The molecule has 0 saturated heterocycles. The molecule has 0 radical (unpaired) electrons. The predicted octanol–water partition coefficient (Wildman–Crippen LogP) is 2.25. The average Bonchev–Trinajstić information content (AvgIpc) is 2.88. The van der Waals surface area contributed by atoms with Crippen LogP contribution in [0.25, 0.3) is 11.4 Å². The highest BCUT2D eigenvalue weighted by Crippen LogP contribution is 2.24. The molecular formula is C14H20N4O3S. The summed E-state index contributed by atoms with van der Waals surface area (Å²) >= 11 is 0. The third-order valence-electron chi connectivity index (χ3n) is 2.94. The van der Waals surface area contributed by atoms with E-state index >= 15 is 0 Å². The molecule has 0 aliphatic rings. The molecule has 0 aliphatic heterocycles. The quantitative estimate of drug-likeness (QED) is 0.932. The van der Waals surface area contributed by atoms with Crippen LogP contribution in [0.5, 0.6) is 0 Å². The summed E-state index contributed by atoms with van der Waals surface area (Å²) in [5, 5.41) is 3.95. The van der Waals surface area contributed by atoms with E-state index in [0.717, 1.165) is 9.87 Å². The molecule has 2 rings (SSSR count). The summed E-state index contributed by atoms with van der Waals surface area (Å²) in [6.07, 6.45) is 0. The van der Waals surface area contributed by atoms with E-state index in [1.807, 2.05) is 20.8 Å². The second-order valence-electron chi connectivity index (χ2n) is 6.14. The Morgan fingerprint density at radius 2 is 1.73 bits per heavy atom. The number of nitrogens with one attached hydrogen (secondary N) is 1. The summed E-state index contributed by atoms with van der Waals surface area (Å²) in [5.74, 6) is 1.03. The van der Waals surface area contributed by atoms with E-state index in [9.17, 15) is 8.42 Å². The highest BCUT2D eigenvalue weighted by Gasteiger charge is 2.22. The van der Waals surface area contributed by atoms with Crippen LogP contribution in [0.3, 0.4) is 0 Å². The molecule has 1 aromatic carbocycles. The highest BCUT2D eigenvalue weighted by atomic mass is 32.2. The topological polar surface area (TPSA) is 88.3 Å². The van der Waals surface area contributed by atoms with E-state index in [-0.39, 0.29) is 5.41 Å². The smallest absolute Gasteiger partial charge is 0.301 e. The molecule has 8 heteroatoms. The zero-order chi connectivity index (χ0) is 16.5. The SMILES string of the molecule is CN(C)S(=O)(=O)Nc1ccc(-c2noc(C(C)(C)C)n2)cc1. The largest absolute Gasteiger partial charge is 0.338 e. The van der Waals surface area contributed by atoms with Crippen LogP contribution in [0, 0.1) is 0 Å². The second kappa shape index (κ2) is 5.69. The van der Waals surface area contributed by atoms with Gasteiger partial charge in [0, 0.05) is 30.8 Å². The lowest BCUT2D eigenvalue weighted by Gasteiger charge is -2.13. The van der Waals surface area contributed by atoms with Gasteiger partial charge in [-0.05, 0) is 24.3 Å². The Morgan fingerprint density at radius 1 is 1.14 bits per heavy atom. The van der Waals surface area contributed by atoms with Crippen molar-refractivity contribution in [3.8, 4) is 11.4 Å². The van der Waals surface area contributed by atoms with E-state index in [0.29, 0.717) is 17.4 Å². The predicted molar refractivity (Wildman–Crippen MR) is 84.7 cm³/mol. The first-order valence-corrected chi connectivity index (χ1v) is 8.18. The van der Waals surface area contributed by atoms with Gasteiger partial charge in [-0.3, -0.25) is 4.72 Å². The zero-order valence-corrected chi connectivity index (χ0v) is 14.1. The lowest BCUT2D eigenvalue weighted by molar-refractivity contribution is 0.321. The van der Waals surface area contributed by atoms with Crippen molar-refractivity contribution in [3.63, 3.8) is 0 Å². The van der Waals surface area contributed by atoms with Gasteiger partial charge in [-0.15, -0.1) is 0 Å². The number of hydrogen-bond donors (Lipinski definition) is 1. The van der Waals surface area contributed by atoms with Crippen LogP contribution < -0.4 is 4.72 Å². The number of hydrogen-bond acceptors (Lipinski definition) is 5. The molecule has 0 saturated carbocycles. The van der Waals surface area contributed by atoms with Crippen LogP contribution in [-0.4, -0.2) is 37.0 Å². The molecular weight excluding hydrogens is 304 g/mol. The minimum absolute atomic E-state index is 0.216. The van der Waals surface area contributed by atoms with Gasteiger partial charge in [0.05, 0.1) is 0 Å². The molecule has 0 fully saturated rings. The third kappa shape index (κ3) is 3.63. The Labute approximate surface area is 130 Å². The summed E-state index contributed by atoms with van der Waals surface area (Å²) in [6.45, 7) is 5.97. The first kappa shape index (κ1) is 16.4. The number of aromatic nitrogens is 2. The van der Waals surface area contributed by atoms with Gasteiger partial charge >= 0.3 is 10.2 Å². The molecule has 0 amide bonds. The van der Waals surface area contributed by atoms with Crippen LogP contribution in [0.15, 0.2) is 28.8 Å². The minimum Gasteiger partial charge on any atom is -0.338 e. The van der Waals surface area contributed by atoms with Crippen LogP contribution in [0.4, 0.5) is 5.69 Å². The van der Waals surface area contributed by atoms with Gasteiger partial charge in [-0.1, -0.05) is 25.9 Å². The van der Waals surface area contributed by atoms with E-state index in [2.05, 4.69) is 14.9 Å². The van der Waals surface area contributed by atoms with Crippen molar-refractivity contribution in [3.05, 3.63) is 30.2 Å². The fourth-order valence-electron chi connectivity index (χ4n) is 1.57. The zero-order valence-electron chi connectivity index (χ0n) is 13.3. The Balaban J connectivity index is 2.21. The van der Waals surface area contributed by atoms with Crippen LogP contribution in [0.2, 0.25) is 0 Å². The maximum absolute atomic E-state index is 11.7. The van der Waals surface area contributed by atoms with Crippen LogP contribution >= 0.6 is 0 Å². The summed E-state index contributed by atoms with van der Waals surface area (Å²) in [4.78, 5) is 4.36. The molecule has 2 aromatic rings. The molecule has 0 spiro atoms. The van der Waals surface area contributed by atoms with Crippen molar-refractivity contribution in [2.24, 2.45) is 0 Å². The summed E-state index contributed by atoms with van der Waals surface area (Å²) in [6, 6.07) is 6.79. The van der Waals surface area contributed by atoms with Crippen molar-refractivity contribution >= 4 is 15.9 Å². The van der Waals surface area contributed by atoms with Crippen molar-refractivity contribution in [2.45, 2.75) is 26.2 Å². The van der Waals surface area contributed by atoms with E-state index in [4.69, 9.17) is 4.52 Å². The van der Waals surface area contributed by atoms with Gasteiger partial charge in [0.1, 0.15) is 0 Å². The molecule has 0 unspecified atom stereocenters. The summed E-state index contributed by atoms with van der Waals surface area (Å²) in [7, 11) is -0.586. The number of rotatable bonds is 4. The van der Waals surface area contributed by atoms with Gasteiger partial charge in [0.2, 0.25) is 11.7 Å². The van der Waals surface area contributed by atoms with Crippen molar-refractivity contribution in [1.82, 2.24) is 14.4 Å². The highest BCUT2D eigenvalue weighted by molar-refractivity contribution is 7.90. The summed E-state index contributed by atoms with van der Waals surface area (Å²) in [5.41, 5.74) is 1.01. The molecule has 7 nitrogen and oxygen atoms in total. The Morgan fingerprint density at radius 3 is 2.18 bits per heavy atom.